The van der Waals surface area contributed by atoms with E-state index in [1.807, 2.05) is 30.5 Å². The molecular formula is C18H17N3O4S2. The number of carbonyl (C=O) groups is 1. The molecule has 27 heavy (non-hydrogen) atoms. The van der Waals surface area contributed by atoms with Crippen LogP contribution >= 0.6 is 11.8 Å². The van der Waals surface area contributed by atoms with Crippen molar-refractivity contribution in [3.8, 4) is 11.5 Å². The Balaban J connectivity index is 1.63. The summed E-state index contributed by atoms with van der Waals surface area (Å²) in [6.45, 7) is 0. The Morgan fingerprint density at radius 3 is 2.52 bits per heavy atom. The molecule has 0 aliphatic heterocycles. The standard InChI is InChI=1S/C18H17N3O4S2/c1-26-15-10-6-5-9-14(15)17-20-21-18(25-17)19-16(22)11-12-27(23,24)13-7-3-2-4-8-13/h2-10H,11-12H2,1H3,(H,19,21,22). The van der Waals surface area contributed by atoms with E-state index >= 15 is 0 Å². The molecule has 0 bridgehead atoms. The van der Waals surface area contributed by atoms with E-state index in [2.05, 4.69) is 15.5 Å². The average molecular weight is 403 g/mol. The van der Waals surface area contributed by atoms with Gasteiger partial charge in [-0.15, -0.1) is 16.9 Å². The number of amides is 1. The van der Waals surface area contributed by atoms with Gasteiger partial charge in [-0.3, -0.25) is 10.1 Å². The molecule has 0 aliphatic carbocycles. The molecule has 3 rings (SSSR count). The first-order chi connectivity index (χ1) is 13.0. The molecule has 0 unspecified atom stereocenters. The monoisotopic (exact) mass is 403 g/mol. The van der Waals surface area contributed by atoms with Crippen LogP contribution in [-0.4, -0.2) is 36.5 Å². The minimum atomic E-state index is -3.52. The van der Waals surface area contributed by atoms with Gasteiger partial charge in [0, 0.05) is 11.3 Å². The van der Waals surface area contributed by atoms with E-state index in [9.17, 15) is 13.2 Å². The fourth-order valence-electron chi connectivity index (χ4n) is 2.36. The zero-order valence-electron chi connectivity index (χ0n) is 14.5. The van der Waals surface area contributed by atoms with Crippen LogP contribution in [0.5, 0.6) is 0 Å². The highest BCUT2D eigenvalue weighted by Gasteiger charge is 2.18. The number of sulfone groups is 1. The Hall–Kier alpha value is -2.65. The van der Waals surface area contributed by atoms with Gasteiger partial charge in [0.2, 0.25) is 5.91 Å². The Morgan fingerprint density at radius 1 is 1.07 bits per heavy atom. The molecule has 7 nitrogen and oxygen atoms in total. The van der Waals surface area contributed by atoms with Crippen molar-refractivity contribution < 1.29 is 17.6 Å². The minimum Gasteiger partial charge on any atom is -0.403 e. The molecule has 1 heterocycles. The predicted octanol–water partition coefficient (Wildman–Crippen LogP) is 3.26. The van der Waals surface area contributed by atoms with Gasteiger partial charge in [0.25, 0.3) is 5.89 Å². The van der Waals surface area contributed by atoms with Crippen LogP contribution in [0.1, 0.15) is 6.42 Å². The molecule has 1 amide bonds. The van der Waals surface area contributed by atoms with Crippen LogP contribution in [0.2, 0.25) is 0 Å². The molecule has 2 aromatic carbocycles. The molecule has 1 aromatic heterocycles. The summed E-state index contributed by atoms with van der Waals surface area (Å²) >= 11 is 1.54. The van der Waals surface area contributed by atoms with Crippen molar-refractivity contribution in [2.24, 2.45) is 0 Å². The number of carbonyl (C=O) groups excluding carboxylic acids is 1. The summed E-state index contributed by atoms with van der Waals surface area (Å²) in [5.41, 5.74) is 0.768. The molecule has 0 aliphatic rings. The van der Waals surface area contributed by atoms with Crippen LogP contribution < -0.4 is 5.32 Å². The number of hydrogen-bond donors (Lipinski definition) is 1. The van der Waals surface area contributed by atoms with Gasteiger partial charge in [-0.25, -0.2) is 8.42 Å². The van der Waals surface area contributed by atoms with Crippen LogP contribution in [0.25, 0.3) is 11.5 Å². The maximum absolute atomic E-state index is 12.2. The SMILES string of the molecule is CSc1ccccc1-c1nnc(NC(=O)CCS(=O)(=O)c2ccccc2)o1. The lowest BCUT2D eigenvalue weighted by Crippen LogP contribution is -2.17. The lowest BCUT2D eigenvalue weighted by molar-refractivity contribution is -0.115. The normalized spacial score (nSPS) is 11.3. The number of aromatic nitrogens is 2. The third-order valence-electron chi connectivity index (χ3n) is 3.71. The number of anilines is 1. The molecule has 0 atom stereocenters. The zero-order valence-corrected chi connectivity index (χ0v) is 16.1. The van der Waals surface area contributed by atoms with Crippen molar-refractivity contribution >= 4 is 33.5 Å². The molecule has 1 N–H and O–H groups in total. The highest BCUT2D eigenvalue weighted by molar-refractivity contribution is 7.98. The lowest BCUT2D eigenvalue weighted by Gasteiger charge is -2.04. The first-order valence-electron chi connectivity index (χ1n) is 8.04. The highest BCUT2D eigenvalue weighted by Crippen LogP contribution is 2.29. The van der Waals surface area contributed by atoms with Gasteiger partial charge in [-0.2, -0.15) is 0 Å². The number of hydrogen-bond acceptors (Lipinski definition) is 7. The molecular weight excluding hydrogens is 386 g/mol. The smallest absolute Gasteiger partial charge is 0.322 e. The Bertz CT molecular complexity index is 1030. The second kappa shape index (κ2) is 8.36. The van der Waals surface area contributed by atoms with E-state index in [4.69, 9.17) is 4.42 Å². The van der Waals surface area contributed by atoms with Gasteiger partial charge in [0.1, 0.15) is 0 Å². The van der Waals surface area contributed by atoms with E-state index in [1.165, 1.54) is 12.1 Å². The summed E-state index contributed by atoms with van der Waals surface area (Å²) in [7, 11) is -3.52. The van der Waals surface area contributed by atoms with Crippen molar-refractivity contribution in [1.82, 2.24) is 10.2 Å². The molecule has 0 saturated heterocycles. The minimum absolute atomic E-state index is 0.0667. The van der Waals surface area contributed by atoms with Gasteiger partial charge in [-0.05, 0) is 30.5 Å². The molecule has 9 heteroatoms. The molecule has 0 fully saturated rings. The maximum Gasteiger partial charge on any atom is 0.322 e. The number of thioether (sulfide) groups is 1. The van der Waals surface area contributed by atoms with E-state index in [0.29, 0.717) is 0 Å². The third kappa shape index (κ3) is 4.75. The maximum atomic E-state index is 12.2. The Labute approximate surface area is 161 Å². The second-order valence-corrected chi connectivity index (χ2v) is 8.50. The van der Waals surface area contributed by atoms with Crippen molar-refractivity contribution in [3.05, 3.63) is 54.6 Å². The van der Waals surface area contributed by atoms with E-state index in [1.54, 1.807) is 30.0 Å². The Morgan fingerprint density at radius 2 is 1.78 bits per heavy atom. The summed E-state index contributed by atoms with van der Waals surface area (Å²) in [6, 6.07) is 15.5. The lowest BCUT2D eigenvalue weighted by atomic mass is 10.2. The van der Waals surface area contributed by atoms with Gasteiger partial charge in [-0.1, -0.05) is 35.4 Å². The van der Waals surface area contributed by atoms with Gasteiger partial charge in [0.15, 0.2) is 9.84 Å². The van der Waals surface area contributed by atoms with E-state index in [-0.39, 0.29) is 29.0 Å². The number of nitrogens with one attached hydrogen (secondary N) is 1. The number of nitrogens with zero attached hydrogens (tertiary/aromatic N) is 2. The predicted molar refractivity (Wildman–Crippen MR) is 103 cm³/mol. The fourth-order valence-corrected chi connectivity index (χ4v) is 4.21. The van der Waals surface area contributed by atoms with Crippen LogP contribution in [0.3, 0.4) is 0 Å². The van der Waals surface area contributed by atoms with E-state index < -0.39 is 15.7 Å². The average Bonchev–Trinajstić information content (AvgIpc) is 3.15. The molecule has 0 radical (unpaired) electrons. The van der Waals surface area contributed by atoms with Crippen LogP contribution in [0, 0.1) is 0 Å². The number of rotatable bonds is 7. The largest absolute Gasteiger partial charge is 0.403 e. The second-order valence-electron chi connectivity index (χ2n) is 5.54. The van der Waals surface area contributed by atoms with Gasteiger partial charge in [0.05, 0.1) is 16.2 Å². The van der Waals surface area contributed by atoms with Gasteiger partial charge < -0.3 is 4.42 Å². The third-order valence-corrected chi connectivity index (χ3v) is 6.24. The van der Waals surface area contributed by atoms with Crippen LogP contribution in [0.4, 0.5) is 6.01 Å². The summed E-state index contributed by atoms with van der Waals surface area (Å²) in [5.74, 6) is -0.533. The summed E-state index contributed by atoms with van der Waals surface area (Å²) in [5, 5.41) is 10.2. The molecule has 140 valence electrons. The molecule has 0 saturated carbocycles. The molecule has 0 spiro atoms. The van der Waals surface area contributed by atoms with Crippen molar-refractivity contribution in [2.75, 3.05) is 17.3 Å². The van der Waals surface area contributed by atoms with Gasteiger partial charge >= 0.3 is 6.01 Å². The highest BCUT2D eigenvalue weighted by atomic mass is 32.2. The van der Waals surface area contributed by atoms with Crippen molar-refractivity contribution in [1.29, 1.82) is 0 Å². The van der Waals surface area contributed by atoms with Crippen LogP contribution in [-0.2, 0) is 14.6 Å². The summed E-state index contributed by atoms with van der Waals surface area (Å²) < 4.78 is 29.9. The zero-order chi connectivity index (χ0) is 19.3. The first kappa shape index (κ1) is 19.1. The first-order valence-corrected chi connectivity index (χ1v) is 10.9. The quantitative estimate of drug-likeness (QED) is 0.604. The van der Waals surface area contributed by atoms with Crippen molar-refractivity contribution in [2.45, 2.75) is 16.2 Å². The number of benzene rings is 2. The topological polar surface area (TPSA) is 102 Å². The van der Waals surface area contributed by atoms with E-state index in [0.717, 1.165) is 10.5 Å². The van der Waals surface area contributed by atoms with Crippen LogP contribution in [0.15, 0.2) is 68.8 Å². The summed E-state index contributed by atoms with van der Waals surface area (Å²) in [6.07, 6.45) is 1.72. The molecule has 3 aromatic rings. The summed E-state index contributed by atoms with van der Waals surface area (Å²) in [4.78, 5) is 13.2. The fraction of sp³-hybridized carbons (Fsp3) is 0.167. The Kier molecular flexibility index (Phi) is 5.92. The van der Waals surface area contributed by atoms with Crippen molar-refractivity contribution in [3.63, 3.8) is 0 Å².